The number of nitrogen functional groups attached to an aromatic ring is 1. The van der Waals surface area contributed by atoms with Crippen LogP contribution in [0.5, 0.6) is 5.75 Å². The lowest BCUT2D eigenvalue weighted by Gasteiger charge is -2.17. The van der Waals surface area contributed by atoms with E-state index in [0.717, 1.165) is 31.1 Å². The van der Waals surface area contributed by atoms with Crippen LogP contribution >= 0.6 is 11.3 Å². The molecule has 0 aliphatic carbocycles. The van der Waals surface area contributed by atoms with Crippen molar-refractivity contribution in [3.63, 3.8) is 0 Å². The monoisotopic (exact) mass is 285 g/mol. The summed E-state index contributed by atoms with van der Waals surface area (Å²) in [5.41, 5.74) is 11.6. The number of nitrogens with two attached hydrogens (primary N) is 2. The largest absolute Gasteiger partial charge is 0.492 e. The number of anilines is 2. The number of primary amides is 1. The Morgan fingerprint density at radius 2 is 2.26 bits per heavy atom. The summed E-state index contributed by atoms with van der Waals surface area (Å²) >= 11 is 1.30. The first-order chi connectivity index (χ1) is 9.08. The minimum Gasteiger partial charge on any atom is -0.492 e. The maximum atomic E-state index is 11.3. The van der Waals surface area contributed by atoms with E-state index >= 15 is 0 Å². The van der Waals surface area contributed by atoms with Crippen molar-refractivity contribution in [2.75, 3.05) is 44.5 Å². The Morgan fingerprint density at radius 1 is 1.53 bits per heavy atom. The first kappa shape index (κ1) is 14.0. The lowest BCUT2D eigenvalue weighted by Crippen LogP contribution is -2.20. The molecule has 2 heterocycles. The number of amides is 1. The molecule has 1 fully saturated rings. The van der Waals surface area contributed by atoms with Gasteiger partial charge in [0.1, 0.15) is 15.6 Å². The molecule has 1 unspecified atom stereocenters. The number of hydrogen-bond donors (Lipinski definition) is 2. The van der Waals surface area contributed by atoms with E-state index in [2.05, 4.69) is 4.90 Å². The molecule has 1 amide bonds. The average Bonchev–Trinajstić information content (AvgIpc) is 2.93. The summed E-state index contributed by atoms with van der Waals surface area (Å²) in [5.74, 6) is 0.534. The summed E-state index contributed by atoms with van der Waals surface area (Å²) in [5, 5.41) is 0.882. The van der Waals surface area contributed by atoms with Crippen LogP contribution in [0.25, 0.3) is 0 Å². The van der Waals surface area contributed by atoms with Crippen molar-refractivity contribution in [3.05, 3.63) is 4.88 Å². The summed E-state index contributed by atoms with van der Waals surface area (Å²) in [6, 6.07) is 0. The summed E-state index contributed by atoms with van der Waals surface area (Å²) in [7, 11) is 3.26. The SMILES string of the molecule is COCC1CCN(c2sc(C(N)=O)c(N)c2OC)C1. The molecule has 106 valence electrons. The van der Waals surface area contributed by atoms with Gasteiger partial charge in [0.05, 0.1) is 13.7 Å². The average molecular weight is 285 g/mol. The van der Waals surface area contributed by atoms with E-state index in [-0.39, 0.29) is 0 Å². The molecule has 4 N–H and O–H groups in total. The third-order valence-electron chi connectivity index (χ3n) is 3.29. The van der Waals surface area contributed by atoms with Gasteiger partial charge in [-0.2, -0.15) is 0 Å². The van der Waals surface area contributed by atoms with Gasteiger partial charge in [-0.3, -0.25) is 4.79 Å². The van der Waals surface area contributed by atoms with Gasteiger partial charge in [0, 0.05) is 26.1 Å². The van der Waals surface area contributed by atoms with Crippen molar-refractivity contribution < 1.29 is 14.3 Å². The van der Waals surface area contributed by atoms with E-state index in [1.54, 1.807) is 14.2 Å². The maximum Gasteiger partial charge on any atom is 0.261 e. The third kappa shape index (κ3) is 2.62. The van der Waals surface area contributed by atoms with Crippen molar-refractivity contribution in [3.8, 4) is 5.75 Å². The highest BCUT2D eigenvalue weighted by Gasteiger charge is 2.29. The molecule has 1 atom stereocenters. The molecule has 0 bridgehead atoms. The van der Waals surface area contributed by atoms with Gasteiger partial charge in [0.2, 0.25) is 0 Å². The first-order valence-corrected chi connectivity index (χ1v) is 6.90. The molecule has 1 aliphatic rings. The van der Waals surface area contributed by atoms with Crippen molar-refractivity contribution in [1.82, 2.24) is 0 Å². The Balaban J connectivity index is 2.25. The van der Waals surface area contributed by atoms with Gasteiger partial charge in [0.25, 0.3) is 5.91 Å². The van der Waals surface area contributed by atoms with Gasteiger partial charge >= 0.3 is 0 Å². The van der Waals surface area contributed by atoms with E-state index in [4.69, 9.17) is 20.9 Å². The predicted molar refractivity (Wildman–Crippen MR) is 76.0 cm³/mol. The molecule has 0 radical (unpaired) electrons. The zero-order valence-electron chi connectivity index (χ0n) is 11.1. The van der Waals surface area contributed by atoms with E-state index in [1.165, 1.54) is 11.3 Å². The number of rotatable bonds is 5. The lowest BCUT2D eigenvalue weighted by atomic mass is 10.1. The molecule has 0 saturated carbocycles. The Hall–Kier alpha value is -1.47. The third-order valence-corrected chi connectivity index (χ3v) is 4.55. The highest BCUT2D eigenvalue weighted by atomic mass is 32.1. The summed E-state index contributed by atoms with van der Waals surface area (Å²) in [4.78, 5) is 13.9. The maximum absolute atomic E-state index is 11.3. The number of nitrogens with zero attached hydrogens (tertiary/aromatic N) is 1. The number of carbonyl (C=O) groups excluding carboxylic acids is 1. The fourth-order valence-corrected chi connectivity index (χ4v) is 3.47. The molecule has 0 spiro atoms. The van der Waals surface area contributed by atoms with Gasteiger partial charge in [0.15, 0.2) is 5.75 Å². The van der Waals surface area contributed by atoms with Crippen LogP contribution in [0, 0.1) is 5.92 Å². The molecule has 0 aromatic carbocycles. The second kappa shape index (κ2) is 5.66. The molecule has 1 aliphatic heterocycles. The molecule has 19 heavy (non-hydrogen) atoms. The normalized spacial score (nSPS) is 18.8. The van der Waals surface area contributed by atoms with Crippen LogP contribution in [0.1, 0.15) is 16.1 Å². The number of ether oxygens (including phenoxy) is 2. The fraction of sp³-hybridized carbons (Fsp3) is 0.583. The Kier molecular flexibility index (Phi) is 4.16. The van der Waals surface area contributed by atoms with Gasteiger partial charge in [-0.25, -0.2) is 0 Å². The second-order valence-electron chi connectivity index (χ2n) is 4.60. The summed E-state index contributed by atoms with van der Waals surface area (Å²) in [6.45, 7) is 2.52. The summed E-state index contributed by atoms with van der Waals surface area (Å²) in [6.07, 6.45) is 1.06. The molecule has 6 nitrogen and oxygen atoms in total. The van der Waals surface area contributed by atoms with Crippen LogP contribution in [-0.2, 0) is 4.74 Å². The molecule has 7 heteroatoms. The highest BCUT2D eigenvalue weighted by Crippen LogP contribution is 2.45. The van der Waals surface area contributed by atoms with E-state index in [9.17, 15) is 4.79 Å². The molecule has 1 saturated heterocycles. The van der Waals surface area contributed by atoms with Crippen LogP contribution in [0.3, 0.4) is 0 Å². The standard InChI is InChI=1S/C12H19N3O3S/c1-17-6-7-3-4-15(5-7)12-9(18-2)8(13)10(19-12)11(14)16/h7H,3-6,13H2,1-2H3,(H2,14,16). The van der Waals surface area contributed by atoms with Crippen molar-refractivity contribution in [2.24, 2.45) is 11.7 Å². The fourth-order valence-electron chi connectivity index (χ4n) is 2.39. The van der Waals surface area contributed by atoms with Crippen molar-refractivity contribution in [1.29, 1.82) is 0 Å². The topological polar surface area (TPSA) is 90.8 Å². The number of methoxy groups -OCH3 is 2. The van der Waals surface area contributed by atoms with Crippen LogP contribution in [0.15, 0.2) is 0 Å². The Morgan fingerprint density at radius 3 is 2.84 bits per heavy atom. The van der Waals surface area contributed by atoms with Crippen LogP contribution < -0.4 is 21.1 Å². The van der Waals surface area contributed by atoms with Gasteiger partial charge in [-0.05, 0) is 6.42 Å². The van der Waals surface area contributed by atoms with Gasteiger partial charge in [-0.1, -0.05) is 0 Å². The predicted octanol–water partition coefficient (Wildman–Crippen LogP) is 0.911. The minimum absolute atomic E-state index is 0.338. The van der Waals surface area contributed by atoms with Crippen molar-refractivity contribution in [2.45, 2.75) is 6.42 Å². The number of hydrogen-bond acceptors (Lipinski definition) is 6. The van der Waals surface area contributed by atoms with Crippen molar-refractivity contribution >= 4 is 27.9 Å². The lowest BCUT2D eigenvalue weighted by molar-refractivity contribution is 0.100. The highest BCUT2D eigenvalue weighted by molar-refractivity contribution is 7.19. The summed E-state index contributed by atoms with van der Waals surface area (Å²) < 4.78 is 10.5. The molecule has 2 rings (SSSR count). The molecule has 1 aromatic rings. The van der Waals surface area contributed by atoms with Gasteiger partial charge in [-0.15, -0.1) is 11.3 Å². The Bertz CT molecular complexity index is 475. The molecular weight excluding hydrogens is 266 g/mol. The van der Waals surface area contributed by atoms with Crippen LogP contribution in [-0.4, -0.2) is 39.8 Å². The second-order valence-corrected chi connectivity index (χ2v) is 5.60. The van der Waals surface area contributed by atoms with E-state index in [1.807, 2.05) is 0 Å². The van der Waals surface area contributed by atoms with E-state index in [0.29, 0.717) is 22.2 Å². The zero-order chi connectivity index (χ0) is 14.0. The Labute approximate surface area is 116 Å². The quantitative estimate of drug-likeness (QED) is 0.839. The van der Waals surface area contributed by atoms with Gasteiger partial charge < -0.3 is 25.8 Å². The number of carbonyl (C=O) groups is 1. The van der Waals surface area contributed by atoms with Crippen LogP contribution in [0.4, 0.5) is 10.7 Å². The first-order valence-electron chi connectivity index (χ1n) is 6.08. The van der Waals surface area contributed by atoms with Crippen LogP contribution in [0.2, 0.25) is 0 Å². The smallest absolute Gasteiger partial charge is 0.261 e. The number of thiophene rings is 1. The molecular formula is C12H19N3O3S. The zero-order valence-corrected chi connectivity index (χ0v) is 12.0. The van der Waals surface area contributed by atoms with E-state index < -0.39 is 5.91 Å². The minimum atomic E-state index is -0.514. The molecule has 1 aromatic heterocycles.